The van der Waals surface area contributed by atoms with Crippen LogP contribution >= 0.6 is 11.6 Å². The van der Waals surface area contributed by atoms with Crippen molar-refractivity contribution in [2.24, 2.45) is 5.41 Å². The lowest BCUT2D eigenvalue weighted by atomic mass is 9.85. The maximum Gasteiger partial charge on any atom is 0.0826 e. The van der Waals surface area contributed by atoms with E-state index in [1.54, 1.807) is 0 Å². The summed E-state index contributed by atoms with van der Waals surface area (Å²) in [7, 11) is 2.15. The highest BCUT2D eigenvalue weighted by Gasteiger charge is 2.25. The molecule has 1 N–H and O–H groups in total. The van der Waals surface area contributed by atoms with Crippen molar-refractivity contribution in [3.05, 3.63) is 0 Å². The number of ether oxygens (including phenoxy) is 1. The van der Waals surface area contributed by atoms with Crippen molar-refractivity contribution in [1.29, 1.82) is 0 Å². The van der Waals surface area contributed by atoms with E-state index in [9.17, 15) is 0 Å². The van der Waals surface area contributed by atoms with E-state index >= 15 is 0 Å². The van der Waals surface area contributed by atoms with Crippen molar-refractivity contribution in [3.63, 3.8) is 0 Å². The Balaban J connectivity index is 2.35. The first-order chi connectivity index (χ1) is 7.93. The predicted molar refractivity (Wildman–Crippen MR) is 73.8 cm³/mol. The molecule has 0 aliphatic carbocycles. The molecule has 1 aliphatic heterocycles. The normalized spacial score (nSPS) is 24.9. The van der Waals surface area contributed by atoms with Gasteiger partial charge in [-0.3, -0.25) is 0 Å². The van der Waals surface area contributed by atoms with Crippen molar-refractivity contribution >= 4 is 11.6 Å². The second-order valence-electron chi connectivity index (χ2n) is 6.06. The van der Waals surface area contributed by atoms with Gasteiger partial charge in [0.1, 0.15) is 0 Å². The van der Waals surface area contributed by atoms with E-state index in [0.29, 0.717) is 18.0 Å². The molecule has 0 saturated carbocycles. The van der Waals surface area contributed by atoms with Gasteiger partial charge < -0.3 is 15.0 Å². The molecule has 4 heteroatoms. The highest BCUT2D eigenvalue weighted by Crippen LogP contribution is 2.22. The van der Waals surface area contributed by atoms with Gasteiger partial charge in [0, 0.05) is 31.6 Å². The van der Waals surface area contributed by atoms with Gasteiger partial charge in [0.2, 0.25) is 0 Å². The lowest BCUT2D eigenvalue weighted by Crippen LogP contribution is -2.49. The first-order valence-electron chi connectivity index (χ1n) is 6.53. The van der Waals surface area contributed by atoms with Gasteiger partial charge in [-0.2, -0.15) is 0 Å². The zero-order valence-corrected chi connectivity index (χ0v) is 12.4. The van der Waals surface area contributed by atoms with Crippen LogP contribution in [0.1, 0.15) is 27.2 Å². The fourth-order valence-electron chi connectivity index (χ4n) is 2.21. The topological polar surface area (TPSA) is 24.5 Å². The molecular formula is C13H27ClN2O. The van der Waals surface area contributed by atoms with Gasteiger partial charge >= 0.3 is 0 Å². The lowest BCUT2D eigenvalue weighted by Gasteiger charge is -2.35. The van der Waals surface area contributed by atoms with Gasteiger partial charge in [-0.15, -0.1) is 11.6 Å². The molecule has 1 saturated heterocycles. The van der Waals surface area contributed by atoms with Crippen molar-refractivity contribution < 1.29 is 4.74 Å². The van der Waals surface area contributed by atoms with Crippen LogP contribution in [0.3, 0.4) is 0 Å². The fraction of sp³-hybridized carbons (Fsp3) is 1.00. The maximum atomic E-state index is 5.87. The molecule has 2 atom stereocenters. The Bertz CT molecular complexity index is 218. The molecule has 102 valence electrons. The number of nitrogens with one attached hydrogen (secondary N) is 1. The van der Waals surface area contributed by atoms with Gasteiger partial charge in [-0.25, -0.2) is 0 Å². The molecule has 1 fully saturated rings. The Hall–Kier alpha value is 0.170. The molecule has 0 aromatic rings. The summed E-state index contributed by atoms with van der Waals surface area (Å²) in [5.74, 6) is 0.709. The quantitative estimate of drug-likeness (QED) is 0.767. The summed E-state index contributed by atoms with van der Waals surface area (Å²) in [5, 5.41) is 3.61. The molecule has 2 unspecified atom stereocenters. The largest absolute Gasteiger partial charge is 0.374 e. The molecule has 1 heterocycles. The monoisotopic (exact) mass is 262 g/mol. The molecule has 0 radical (unpaired) electrons. The molecule has 0 bridgehead atoms. The minimum Gasteiger partial charge on any atom is -0.374 e. The van der Waals surface area contributed by atoms with E-state index in [2.05, 4.69) is 38.0 Å². The smallest absolute Gasteiger partial charge is 0.0826 e. The summed E-state index contributed by atoms with van der Waals surface area (Å²) in [6.07, 6.45) is 1.32. The van der Waals surface area contributed by atoms with Crippen LogP contribution in [0.5, 0.6) is 0 Å². The third kappa shape index (κ3) is 5.56. The van der Waals surface area contributed by atoms with E-state index in [1.165, 1.54) is 0 Å². The summed E-state index contributed by atoms with van der Waals surface area (Å²) in [5.41, 5.74) is 0.245. The number of hydrogen-bond donors (Lipinski definition) is 1. The van der Waals surface area contributed by atoms with Gasteiger partial charge in [-0.1, -0.05) is 20.8 Å². The summed E-state index contributed by atoms with van der Waals surface area (Å²) in [6, 6.07) is 0.454. The molecule has 0 spiro atoms. The molecule has 3 nitrogen and oxygen atoms in total. The van der Waals surface area contributed by atoms with E-state index in [4.69, 9.17) is 16.3 Å². The van der Waals surface area contributed by atoms with Crippen LogP contribution < -0.4 is 5.32 Å². The minimum absolute atomic E-state index is 0.245. The van der Waals surface area contributed by atoms with Gasteiger partial charge in [0.05, 0.1) is 12.7 Å². The molecule has 0 aromatic carbocycles. The summed E-state index contributed by atoms with van der Waals surface area (Å²) in [4.78, 5) is 2.32. The van der Waals surface area contributed by atoms with Crippen molar-refractivity contribution in [2.75, 3.05) is 39.2 Å². The summed E-state index contributed by atoms with van der Waals surface area (Å²) in [6.45, 7) is 10.6. The highest BCUT2D eigenvalue weighted by molar-refractivity contribution is 6.17. The molecule has 17 heavy (non-hydrogen) atoms. The van der Waals surface area contributed by atoms with Crippen LogP contribution in [0, 0.1) is 5.41 Å². The number of morpholine rings is 1. The van der Waals surface area contributed by atoms with Crippen molar-refractivity contribution in [1.82, 2.24) is 10.2 Å². The van der Waals surface area contributed by atoms with Crippen LogP contribution in [0.15, 0.2) is 0 Å². The number of halogens is 1. The zero-order valence-electron chi connectivity index (χ0n) is 11.6. The van der Waals surface area contributed by atoms with E-state index in [-0.39, 0.29) is 5.41 Å². The SMILES string of the molecule is CN1CCOC(CNC(CCCl)C(C)(C)C)C1. The number of rotatable bonds is 5. The third-order valence-corrected chi connectivity index (χ3v) is 3.60. The number of nitrogens with zero attached hydrogens (tertiary/aromatic N) is 1. The van der Waals surface area contributed by atoms with Gasteiger partial charge in [-0.05, 0) is 18.9 Å². The average molecular weight is 263 g/mol. The Morgan fingerprint density at radius 2 is 2.18 bits per heavy atom. The number of likely N-dealkylation sites (N-methyl/N-ethyl adjacent to an activating group) is 1. The Kier molecular flexibility index (Phi) is 6.21. The van der Waals surface area contributed by atoms with E-state index < -0.39 is 0 Å². The van der Waals surface area contributed by atoms with Crippen LogP contribution in [0.4, 0.5) is 0 Å². The second-order valence-corrected chi connectivity index (χ2v) is 6.44. The lowest BCUT2D eigenvalue weighted by molar-refractivity contribution is -0.0209. The molecular weight excluding hydrogens is 236 g/mol. The number of alkyl halides is 1. The van der Waals surface area contributed by atoms with Crippen LogP contribution in [0.2, 0.25) is 0 Å². The summed E-state index contributed by atoms with van der Waals surface area (Å²) < 4.78 is 5.75. The van der Waals surface area contributed by atoms with Gasteiger partial charge in [0.15, 0.2) is 0 Å². The fourth-order valence-corrected chi connectivity index (χ4v) is 2.43. The van der Waals surface area contributed by atoms with E-state index in [0.717, 1.165) is 32.7 Å². The van der Waals surface area contributed by atoms with Crippen LogP contribution in [-0.4, -0.2) is 56.2 Å². The average Bonchev–Trinajstić information content (AvgIpc) is 2.22. The summed E-state index contributed by atoms with van der Waals surface area (Å²) >= 11 is 5.87. The molecule has 1 rings (SSSR count). The first kappa shape index (κ1) is 15.2. The zero-order chi connectivity index (χ0) is 12.9. The van der Waals surface area contributed by atoms with E-state index in [1.807, 2.05) is 0 Å². The first-order valence-corrected chi connectivity index (χ1v) is 7.06. The van der Waals surface area contributed by atoms with Gasteiger partial charge in [0.25, 0.3) is 0 Å². The van der Waals surface area contributed by atoms with Crippen molar-refractivity contribution in [2.45, 2.75) is 39.3 Å². The minimum atomic E-state index is 0.245. The molecule has 1 aliphatic rings. The predicted octanol–water partition coefficient (Wildman–Crippen LogP) is 1.95. The third-order valence-electron chi connectivity index (χ3n) is 3.38. The van der Waals surface area contributed by atoms with Crippen molar-refractivity contribution in [3.8, 4) is 0 Å². The Morgan fingerprint density at radius 3 is 2.71 bits per heavy atom. The standard InChI is InChI=1S/C13H27ClN2O/c1-13(2,3)12(5-6-14)15-9-11-10-16(4)7-8-17-11/h11-12,15H,5-10H2,1-4H3. The molecule has 0 amide bonds. The number of hydrogen-bond acceptors (Lipinski definition) is 3. The second kappa shape index (κ2) is 6.93. The Labute approximate surface area is 111 Å². The Morgan fingerprint density at radius 1 is 1.47 bits per heavy atom. The van der Waals surface area contributed by atoms with Crippen LogP contribution in [-0.2, 0) is 4.74 Å². The molecule has 0 aromatic heterocycles. The van der Waals surface area contributed by atoms with Crippen LogP contribution in [0.25, 0.3) is 0 Å². The highest BCUT2D eigenvalue weighted by atomic mass is 35.5. The maximum absolute atomic E-state index is 5.87.